The van der Waals surface area contributed by atoms with E-state index in [0.29, 0.717) is 38.4 Å². The van der Waals surface area contributed by atoms with Crippen molar-refractivity contribution in [2.75, 3.05) is 19.6 Å². The number of hydrogen-bond acceptors (Lipinski definition) is 5. The second kappa shape index (κ2) is 7.42. The molecule has 0 aliphatic carbocycles. The zero-order valence-electron chi connectivity index (χ0n) is 15.5. The standard InChI is InChI=1S/C17H26N6O2S/c1-17(2,3)23-19-16(18-20-23)10-13-21-11-7-12-22(26(21,24)25)14-15-8-5-4-6-9-15/h4-6,8-9H,7,10-14H2,1-3H3. The van der Waals surface area contributed by atoms with E-state index in [2.05, 4.69) is 15.4 Å². The van der Waals surface area contributed by atoms with E-state index in [4.69, 9.17) is 0 Å². The molecule has 0 saturated carbocycles. The highest BCUT2D eigenvalue weighted by atomic mass is 32.2. The van der Waals surface area contributed by atoms with Gasteiger partial charge in [-0.15, -0.1) is 10.2 Å². The summed E-state index contributed by atoms with van der Waals surface area (Å²) in [5.41, 5.74) is 0.752. The van der Waals surface area contributed by atoms with Crippen molar-refractivity contribution < 1.29 is 8.42 Å². The number of nitrogens with zero attached hydrogens (tertiary/aromatic N) is 6. The van der Waals surface area contributed by atoms with Gasteiger partial charge in [0.25, 0.3) is 10.2 Å². The number of rotatable bonds is 5. The molecular weight excluding hydrogens is 352 g/mol. The van der Waals surface area contributed by atoms with Gasteiger partial charge in [0, 0.05) is 32.6 Å². The van der Waals surface area contributed by atoms with Crippen LogP contribution in [0.25, 0.3) is 0 Å². The Labute approximate surface area is 155 Å². The molecule has 1 saturated heterocycles. The first-order valence-electron chi connectivity index (χ1n) is 8.85. The van der Waals surface area contributed by atoms with Gasteiger partial charge in [0.05, 0.1) is 5.54 Å². The quantitative estimate of drug-likeness (QED) is 0.786. The molecule has 1 aliphatic rings. The van der Waals surface area contributed by atoms with Crippen molar-refractivity contribution in [2.45, 2.75) is 45.7 Å². The maximum atomic E-state index is 12.9. The Morgan fingerprint density at radius 1 is 1.08 bits per heavy atom. The van der Waals surface area contributed by atoms with Crippen molar-refractivity contribution in [1.82, 2.24) is 28.8 Å². The van der Waals surface area contributed by atoms with Crippen LogP contribution in [0.4, 0.5) is 0 Å². The first-order valence-corrected chi connectivity index (χ1v) is 10.2. The smallest absolute Gasteiger partial charge is 0.195 e. The lowest BCUT2D eigenvalue weighted by molar-refractivity contribution is 0.279. The monoisotopic (exact) mass is 378 g/mol. The Morgan fingerprint density at radius 2 is 1.77 bits per heavy atom. The molecule has 0 amide bonds. The summed E-state index contributed by atoms with van der Waals surface area (Å²) in [6, 6.07) is 9.67. The fourth-order valence-electron chi connectivity index (χ4n) is 2.84. The van der Waals surface area contributed by atoms with Crippen molar-refractivity contribution in [3.05, 3.63) is 41.7 Å². The highest BCUT2D eigenvalue weighted by Gasteiger charge is 2.33. The van der Waals surface area contributed by atoms with Gasteiger partial charge in [0.15, 0.2) is 5.82 Å². The molecule has 142 valence electrons. The molecule has 26 heavy (non-hydrogen) atoms. The van der Waals surface area contributed by atoms with Crippen LogP contribution in [0, 0.1) is 0 Å². The molecule has 0 spiro atoms. The van der Waals surface area contributed by atoms with Gasteiger partial charge >= 0.3 is 0 Å². The van der Waals surface area contributed by atoms with Crippen molar-refractivity contribution >= 4 is 10.2 Å². The minimum absolute atomic E-state index is 0.241. The van der Waals surface area contributed by atoms with Crippen LogP contribution in [0.2, 0.25) is 0 Å². The van der Waals surface area contributed by atoms with Crippen LogP contribution in [-0.4, -0.2) is 56.9 Å². The third kappa shape index (κ3) is 4.28. The highest BCUT2D eigenvalue weighted by molar-refractivity contribution is 7.86. The largest absolute Gasteiger partial charge is 0.282 e. The van der Waals surface area contributed by atoms with Crippen LogP contribution in [0.1, 0.15) is 38.6 Å². The van der Waals surface area contributed by atoms with Crippen molar-refractivity contribution in [2.24, 2.45) is 0 Å². The molecule has 3 rings (SSSR count). The summed E-state index contributed by atoms with van der Waals surface area (Å²) in [5, 5.41) is 12.5. The molecule has 2 heterocycles. The lowest BCUT2D eigenvalue weighted by Crippen LogP contribution is -2.49. The molecule has 0 unspecified atom stereocenters. The fourth-order valence-corrected chi connectivity index (χ4v) is 4.52. The van der Waals surface area contributed by atoms with Crippen molar-refractivity contribution in [3.63, 3.8) is 0 Å². The zero-order valence-corrected chi connectivity index (χ0v) is 16.4. The Hall–Kier alpha value is -1.84. The molecule has 1 fully saturated rings. The second-order valence-corrected chi connectivity index (χ2v) is 9.42. The Kier molecular flexibility index (Phi) is 5.40. The van der Waals surface area contributed by atoms with Crippen molar-refractivity contribution in [1.29, 1.82) is 0 Å². The Balaban J connectivity index is 1.65. The van der Waals surface area contributed by atoms with Gasteiger partial charge in [0.1, 0.15) is 0 Å². The third-order valence-corrected chi connectivity index (χ3v) is 6.29. The van der Waals surface area contributed by atoms with Gasteiger partial charge in [-0.1, -0.05) is 30.3 Å². The van der Waals surface area contributed by atoms with E-state index in [1.165, 1.54) is 4.31 Å². The fraction of sp³-hybridized carbons (Fsp3) is 0.588. The predicted molar refractivity (Wildman–Crippen MR) is 98.5 cm³/mol. The van der Waals surface area contributed by atoms with E-state index in [0.717, 1.165) is 12.0 Å². The van der Waals surface area contributed by atoms with E-state index >= 15 is 0 Å². The summed E-state index contributed by atoms with van der Waals surface area (Å²) in [4.78, 5) is 1.56. The topological polar surface area (TPSA) is 84.2 Å². The number of hydrogen-bond donors (Lipinski definition) is 0. The van der Waals surface area contributed by atoms with Crippen LogP contribution in [0.3, 0.4) is 0 Å². The summed E-state index contributed by atoms with van der Waals surface area (Å²) >= 11 is 0. The molecule has 2 aromatic rings. The molecule has 1 aromatic heterocycles. The van der Waals surface area contributed by atoms with Gasteiger partial charge in [0.2, 0.25) is 0 Å². The van der Waals surface area contributed by atoms with E-state index in [-0.39, 0.29) is 5.54 Å². The summed E-state index contributed by atoms with van der Waals surface area (Å²) < 4.78 is 28.9. The average molecular weight is 379 g/mol. The molecule has 9 heteroatoms. The number of aromatic nitrogens is 4. The minimum Gasteiger partial charge on any atom is -0.195 e. The maximum absolute atomic E-state index is 12.9. The summed E-state index contributed by atoms with van der Waals surface area (Å²) in [5.74, 6) is 0.565. The lowest BCUT2D eigenvalue weighted by Gasteiger charge is -2.34. The van der Waals surface area contributed by atoms with Crippen LogP contribution in [0.15, 0.2) is 30.3 Å². The van der Waals surface area contributed by atoms with E-state index in [9.17, 15) is 8.42 Å². The van der Waals surface area contributed by atoms with Gasteiger partial charge in [-0.05, 0) is 38.0 Å². The molecule has 1 aromatic carbocycles. The molecule has 1 aliphatic heterocycles. The van der Waals surface area contributed by atoms with Crippen LogP contribution in [-0.2, 0) is 28.7 Å². The van der Waals surface area contributed by atoms with Crippen molar-refractivity contribution in [3.8, 4) is 0 Å². The molecule has 0 N–H and O–H groups in total. The maximum Gasteiger partial charge on any atom is 0.282 e. The lowest BCUT2D eigenvalue weighted by atomic mass is 10.1. The molecule has 0 radical (unpaired) electrons. The second-order valence-electron chi connectivity index (χ2n) is 7.50. The SMILES string of the molecule is CC(C)(C)n1nnc(CCN2CCCN(Cc3ccccc3)S2(=O)=O)n1. The number of benzene rings is 1. The molecular formula is C17H26N6O2S. The van der Waals surface area contributed by atoms with Gasteiger partial charge in [-0.3, -0.25) is 0 Å². The summed E-state index contributed by atoms with van der Waals surface area (Å²) in [6.07, 6.45) is 1.27. The zero-order chi connectivity index (χ0) is 18.8. The highest BCUT2D eigenvalue weighted by Crippen LogP contribution is 2.19. The first-order chi connectivity index (χ1) is 12.3. The van der Waals surface area contributed by atoms with E-state index < -0.39 is 10.2 Å². The van der Waals surface area contributed by atoms with E-state index in [1.807, 2.05) is 51.1 Å². The Bertz CT molecular complexity index is 828. The third-order valence-electron chi connectivity index (χ3n) is 4.31. The van der Waals surface area contributed by atoms with E-state index in [1.54, 1.807) is 9.10 Å². The van der Waals surface area contributed by atoms with Gasteiger partial charge in [-0.25, -0.2) is 0 Å². The molecule has 0 atom stereocenters. The van der Waals surface area contributed by atoms with Crippen LogP contribution in [0.5, 0.6) is 0 Å². The van der Waals surface area contributed by atoms with Crippen LogP contribution >= 0.6 is 0 Å². The predicted octanol–water partition coefficient (Wildman–Crippen LogP) is 1.42. The molecule has 0 bridgehead atoms. The van der Waals surface area contributed by atoms with Gasteiger partial charge < -0.3 is 0 Å². The van der Waals surface area contributed by atoms with Crippen LogP contribution < -0.4 is 0 Å². The number of tetrazole rings is 1. The molecule has 8 nitrogen and oxygen atoms in total. The summed E-state index contributed by atoms with van der Waals surface area (Å²) in [7, 11) is -3.47. The minimum atomic E-state index is -3.47. The Morgan fingerprint density at radius 3 is 2.42 bits per heavy atom. The van der Waals surface area contributed by atoms with Gasteiger partial charge in [-0.2, -0.15) is 21.8 Å². The summed E-state index contributed by atoms with van der Waals surface area (Å²) in [6.45, 7) is 7.83. The average Bonchev–Trinajstić information content (AvgIpc) is 3.06. The normalized spacial score (nSPS) is 18.9. The first kappa shape index (κ1) is 18.9.